The fraction of sp³-hybridized carbons (Fsp3) is 0.588. The second kappa shape index (κ2) is 5.68. The number of hydrogen-bond acceptors (Lipinski definition) is 3. The molecule has 2 saturated heterocycles. The van der Waals surface area contributed by atoms with Crippen LogP contribution in [0.5, 0.6) is 0 Å². The van der Waals surface area contributed by atoms with Gasteiger partial charge >= 0.3 is 0 Å². The number of aryl methyl sites for hydroxylation is 1. The van der Waals surface area contributed by atoms with Crippen LogP contribution in [-0.2, 0) is 0 Å². The molecule has 21 heavy (non-hydrogen) atoms. The van der Waals surface area contributed by atoms with Gasteiger partial charge in [-0.3, -0.25) is 9.69 Å². The average Bonchev–Trinajstić information content (AvgIpc) is 3.07. The molecule has 0 N–H and O–H groups in total. The van der Waals surface area contributed by atoms with Gasteiger partial charge in [0.2, 0.25) is 0 Å². The Morgan fingerprint density at radius 3 is 2.81 bits per heavy atom. The number of rotatable bonds is 3. The van der Waals surface area contributed by atoms with E-state index in [1.807, 2.05) is 24.0 Å². The van der Waals surface area contributed by atoms with E-state index in [1.54, 1.807) is 6.07 Å². The molecule has 2 aliphatic rings. The Morgan fingerprint density at radius 1 is 1.38 bits per heavy atom. The highest BCUT2D eigenvalue weighted by molar-refractivity contribution is 5.91. The van der Waals surface area contributed by atoms with Crippen molar-refractivity contribution in [1.82, 2.24) is 9.80 Å². The van der Waals surface area contributed by atoms with Crippen molar-refractivity contribution in [2.24, 2.45) is 0 Å². The lowest BCUT2D eigenvalue weighted by Gasteiger charge is -2.45. The Bertz CT molecular complexity index is 537. The van der Waals surface area contributed by atoms with Gasteiger partial charge in [-0.25, -0.2) is 0 Å². The molecule has 2 fully saturated rings. The zero-order chi connectivity index (χ0) is 14.9. The van der Waals surface area contributed by atoms with E-state index in [9.17, 15) is 4.79 Å². The quantitative estimate of drug-likeness (QED) is 0.803. The molecule has 3 heterocycles. The van der Waals surface area contributed by atoms with E-state index in [2.05, 4.69) is 11.5 Å². The lowest BCUT2D eigenvalue weighted by Crippen LogP contribution is -2.56. The van der Waals surface area contributed by atoms with Gasteiger partial charge in [0.05, 0.1) is 0 Å². The number of carbonyl (C=O) groups excluding carboxylic acids is 1. The smallest absolute Gasteiger partial charge is 0.289 e. The maximum Gasteiger partial charge on any atom is 0.289 e. The van der Waals surface area contributed by atoms with Gasteiger partial charge in [-0.2, -0.15) is 0 Å². The summed E-state index contributed by atoms with van der Waals surface area (Å²) in [4.78, 5) is 17.1. The van der Waals surface area contributed by atoms with Crippen molar-refractivity contribution in [3.8, 4) is 0 Å². The molecule has 4 heteroatoms. The van der Waals surface area contributed by atoms with Crippen molar-refractivity contribution in [3.63, 3.8) is 0 Å². The first-order valence-electron chi connectivity index (χ1n) is 7.86. The summed E-state index contributed by atoms with van der Waals surface area (Å²) in [5.74, 6) is 1.30. The van der Waals surface area contributed by atoms with E-state index in [-0.39, 0.29) is 11.4 Å². The fourth-order valence-corrected chi connectivity index (χ4v) is 3.89. The standard InChI is InChI=1S/C17H24N2O2/c1-3-10-19-12-5-9-17(19)8-4-11-18(13-17)16(20)15-7-6-14(2)21-15/h3,6-7H,1,4-5,8-13H2,2H3/t17-/m0/s1. The highest BCUT2D eigenvalue weighted by atomic mass is 16.3. The minimum Gasteiger partial charge on any atom is -0.456 e. The van der Waals surface area contributed by atoms with Crippen LogP contribution in [0.1, 0.15) is 42.0 Å². The van der Waals surface area contributed by atoms with Crippen LogP contribution in [0.2, 0.25) is 0 Å². The molecule has 1 amide bonds. The Balaban J connectivity index is 1.76. The van der Waals surface area contributed by atoms with Crippen LogP contribution in [0.3, 0.4) is 0 Å². The molecule has 0 saturated carbocycles. The largest absolute Gasteiger partial charge is 0.456 e. The molecule has 3 rings (SSSR count). The predicted molar refractivity (Wildman–Crippen MR) is 82.3 cm³/mol. The highest BCUT2D eigenvalue weighted by Gasteiger charge is 2.44. The number of carbonyl (C=O) groups is 1. The molecule has 1 aromatic heterocycles. The zero-order valence-electron chi connectivity index (χ0n) is 12.8. The monoisotopic (exact) mass is 288 g/mol. The SMILES string of the molecule is C=CCN1CCC[C@]12CCCN(C(=O)c1ccc(C)o1)C2. The molecular weight excluding hydrogens is 264 g/mol. The molecule has 0 radical (unpaired) electrons. The van der Waals surface area contributed by atoms with Gasteiger partial charge in [-0.05, 0) is 51.3 Å². The highest BCUT2D eigenvalue weighted by Crippen LogP contribution is 2.37. The number of likely N-dealkylation sites (tertiary alicyclic amines) is 2. The lowest BCUT2D eigenvalue weighted by atomic mass is 9.86. The summed E-state index contributed by atoms with van der Waals surface area (Å²) in [6.07, 6.45) is 6.63. The lowest BCUT2D eigenvalue weighted by molar-refractivity contribution is 0.0344. The van der Waals surface area contributed by atoms with Crippen molar-refractivity contribution >= 4 is 5.91 Å². The van der Waals surface area contributed by atoms with Crippen molar-refractivity contribution in [2.45, 2.75) is 38.1 Å². The Labute approximate surface area is 126 Å². The number of hydrogen-bond donors (Lipinski definition) is 0. The Kier molecular flexibility index (Phi) is 3.89. The van der Waals surface area contributed by atoms with Gasteiger partial charge < -0.3 is 9.32 Å². The molecule has 114 valence electrons. The van der Waals surface area contributed by atoms with Gasteiger partial charge in [0.25, 0.3) is 5.91 Å². The summed E-state index contributed by atoms with van der Waals surface area (Å²) >= 11 is 0. The van der Waals surface area contributed by atoms with Crippen molar-refractivity contribution < 1.29 is 9.21 Å². The summed E-state index contributed by atoms with van der Waals surface area (Å²) in [6.45, 7) is 9.43. The number of amides is 1. The maximum atomic E-state index is 12.6. The molecule has 0 unspecified atom stereocenters. The van der Waals surface area contributed by atoms with Crippen LogP contribution in [0.4, 0.5) is 0 Å². The van der Waals surface area contributed by atoms with E-state index in [0.717, 1.165) is 38.4 Å². The van der Waals surface area contributed by atoms with Crippen LogP contribution in [0, 0.1) is 6.92 Å². The number of nitrogens with zero attached hydrogens (tertiary/aromatic N) is 2. The van der Waals surface area contributed by atoms with Crippen LogP contribution >= 0.6 is 0 Å². The second-order valence-electron chi connectivity index (χ2n) is 6.30. The molecule has 1 spiro atoms. The summed E-state index contributed by atoms with van der Waals surface area (Å²) in [6, 6.07) is 3.64. The number of piperidine rings is 1. The normalized spacial score (nSPS) is 26.4. The molecule has 0 aliphatic carbocycles. The Hall–Kier alpha value is -1.55. The van der Waals surface area contributed by atoms with Gasteiger partial charge in [-0.15, -0.1) is 6.58 Å². The third-order valence-electron chi connectivity index (χ3n) is 4.88. The van der Waals surface area contributed by atoms with Crippen molar-refractivity contribution in [2.75, 3.05) is 26.2 Å². The Morgan fingerprint density at radius 2 is 2.14 bits per heavy atom. The summed E-state index contributed by atoms with van der Waals surface area (Å²) < 4.78 is 5.50. The zero-order valence-corrected chi connectivity index (χ0v) is 12.8. The first-order valence-corrected chi connectivity index (χ1v) is 7.86. The average molecular weight is 288 g/mol. The van der Waals surface area contributed by atoms with Crippen LogP contribution in [0.15, 0.2) is 29.2 Å². The predicted octanol–water partition coefficient (Wildman–Crippen LogP) is 2.84. The third kappa shape index (κ3) is 2.64. The number of furan rings is 1. The third-order valence-corrected chi connectivity index (χ3v) is 4.88. The van der Waals surface area contributed by atoms with Gasteiger partial charge in [0.1, 0.15) is 5.76 Å². The minimum absolute atomic E-state index is 0.0348. The van der Waals surface area contributed by atoms with Crippen LogP contribution in [-0.4, -0.2) is 47.4 Å². The van der Waals surface area contributed by atoms with E-state index in [1.165, 1.54) is 19.3 Å². The summed E-state index contributed by atoms with van der Waals surface area (Å²) in [5, 5.41) is 0. The molecule has 0 aromatic carbocycles. The maximum absolute atomic E-state index is 12.6. The van der Waals surface area contributed by atoms with Gasteiger partial charge in [0.15, 0.2) is 5.76 Å². The minimum atomic E-state index is 0.0348. The van der Waals surface area contributed by atoms with Gasteiger partial charge in [-0.1, -0.05) is 6.08 Å². The molecule has 1 aromatic rings. The summed E-state index contributed by atoms with van der Waals surface area (Å²) in [7, 11) is 0. The van der Waals surface area contributed by atoms with Crippen molar-refractivity contribution in [3.05, 3.63) is 36.3 Å². The molecular formula is C17H24N2O2. The van der Waals surface area contributed by atoms with Crippen molar-refractivity contribution in [1.29, 1.82) is 0 Å². The van der Waals surface area contributed by atoms with Crippen LogP contribution < -0.4 is 0 Å². The first kappa shape index (κ1) is 14.4. The van der Waals surface area contributed by atoms with E-state index in [4.69, 9.17) is 4.42 Å². The summed E-state index contributed by atoms with van der Waals surface area (Å²) in [5.41, 5.74) is 0.156. The molecule has 0 bridgehead atoms. The molecule has 2 aliphatic heterocycles. The second-order valence-corrected chi connectivity index (χ2v) is 6.30. The van der Waals surface area contributed by atoms with Crippen LogP contribution in [0.25, 0.3) is 0 Å². The van der Waals surface area contributed by atoms with Gasteiger partial charge in [0, 0.05) is 25.2 Å². The van der Waals surface area contributed by atoms with E-state index >= 15 is 0 Å². The van der Waals surface area contributed by atoms with E-state index in [0.29, 0.717) is 5.76 Å². The molecule has 1 atom stereocenters. The van der Waals surface area contributed by atoms with E-state index < -0.39 is 0 Å². The fourth-order valence-electron chi connectivity index (χ4n) is 3.89. The topological polar surface area (TPSA) is 36.7 Å². The first-order chi connectivity index (χ1) is 10.1. The molecule has 4 nitrogen and oxygen atoms in total.